The normalized spacial score (nSPS) is 11.6. The van der Waals surface area contributed by atoms with Crippen LogP contribution in [-0.4, -0.2) is 0 Å². The van der Waals surface area contributed by atoms with Crippen molar-refractivity contribution in [3.8, 4) is 22.3 Å². The molecule has 0 amide bonds. The summed E-state index contributed by atoms with van der Waals surface area (Å²) in [6, 6.07) is 56.1. The van der Waals surface area contributed by atoms with Crippen LogP contribution in [0.1, 0.15) is 0 Å². The molecular formula is C42H27NO. The number of anilines is 2. The van der Waals surface area contributed by atoms with Crippen LogP contribution < -0.4 is 5.32 Å². The number of hydrogen-bond acceptors (Lipinski definition) is 2. The first-order valence-corrected chi connectivity index (χ1v) is 15.0. The minimum Gasteiger partial charge on any atom is -0.455 e. The Labute approximate surface area is 254 Å². The van der Waals surface area contributed by atoms with Gasteiger partial charge in [0.15, 0.2) is 0 Å². The lowest BCUT2D eigenvalue weighted by Crippen LogP contribution is -1.92. The number of fused-ring (bicyclic) bond motifs is 8. The highest BCUT2D eigenvalue weighted by molar-refractivity contribution is 6.21. The monoisotopic (exact) mass is 561 g/mol. The van der Waals surface area contributed by atoms with Crippen molar-refractivity contribution in [1.82, 2.24) is 0 Å². The van der Waals surface area contributed by atoms with Crippen LogP contribution in [0.15, 0.2) is 162 Å². The SMILES string of the molecule is c1ccc(-c2ccc(Nc3ccc(-c4cc5ccccc5c5ccccc45)cc3)c3c2oc2c4ccccc4ccc23)cc1. The summed E-state index contributed by atoms with van der Waals surface area (Å²) < 4.78 is 6.74. The van der Waals surface area contributed by atoms with Gasteiger partial charge in [0, 0.05) is 22.0 Å². The van der Waals surface area contributed by atoms with Crippen molar-refractivity contribution in [2.45, 2.75) is 0 Å². The third-order valence-electron chi connectivity index (χ3n) is 8.84. The molecule has 0 atom stereocenters. The van der Waals surface area contributed by atoms with Crippen LogP contribution in [-0.2, 0) is 0 Å². The molecule has 8 aromatic carbocycles. The van der Waals surface area contributed by atoms with Gasteiger partial charge in [-0.25, -0.2) is 0 Å². The third kappa shape index (κ3) is 3.89. The molecule has 1 aromatic heterocycles. The average Bonchev–Trinajstić information content (AvgIpc) is 3.50. The van der Waals surface area contributed by atoms with E-state index in [2.05, 4.69) is 157 Å². The van der Waals surface area contributed by atoms with Gasteiger partial charge < -0.3 is 9.73 Å². The predicted octanol–water partition coefficient (Wildman–Crippen LogP) is 12.1. The van der Waals surface area contributed by atoms with E-state index in [1.807, 2.05) is 6.07 Å². The summed E-state index contributed by atoms with van der Waals surface area (Å²) in [6.45, 7) is 0. The number of rotatable bonds is 4. The molecule has 0 spiro atoms. The molecule has 0 aliphatic rings. The van der Waals surface area contributed by atoms with Crippen LogP contribution in [0.5, 0.6) is 0 Å². The molecule has 206 valence electrons. The molecule has 0 aliphatic carbocycles. The van der Waals surface area contributed by atoms with E-state index in [1.165, 1.54) is 38.1 Å². The van der Waals surface area contributed by atoms with Gasteiger partial charge in [-0.1, -0.05) is 121 Å². The van der Waals surface area contributed by atoms with E-state index in [9.17, 15) is 0 Å². The van der Waals surface area contributed by atoms with Gasteiger partial charge in [-0.05, 0) is 80.0 Å². The minimum absolute atomic E-state index is 0.895. The Hall–Kier alpha value is -5.86. The highest BCUT2D eigenvalue weighted by Gasteiger charge is 2.18. The molecule has 0 fully saturated rings. The molecule has 9 rings (SSSR count). The van der Waals surface area contributed by atoms with Crippen molar-refractivity contribution >= 4 is 65.6 Å². The maximum absolute atomic E-state index is 6.74. The van der Waals surface area contributed by atoms with E-state index in [-0.39, 0.29) is 0 Å². The van der Waals surface area contributed by atoms with E-state index in [1.54, 1.807) is 0 Å². The molecule has 1 heterocycles. The summed E-state index contributed by atoms with van der Waals surface area (Å²) in [7, 11) is 0. The molecule has 0 saturated carbocycles. The van der Waals surface area contributed by atoms with Crippen molar-refractivity contribution in [3.63, 3.8) is 0 Å². The van der Waals surface area contributed by atoms with Crippen molar-refractivity contribution in [2.24, 2.45) is 0 Å². The van der Waals surface area contributed by atoms with Crippen LogP contribution in [0, 0.1) is 0 Å². The summed E-state index contributed by atoms with van der Waals surface area (Å²) in [5, 5.41) is 13.3. The standard InChI is InChI=1S/C42H27NO/c1-2-10-27(11-3-1)34-24-25-39(40-37-23-20-28-12-4-7-15-33(28)41(37)44-42(34)40)43-31-21-18-29(19-22-31)38-26-30-13-5-6-14-32(30)35-16-8-9-17-36(35)38/h1-26,43H. The molecule has 0 radical (unpaired) electrons. The molecule has 0 unspecified atom stereocenters. The van der Waals surface area contributed by atoms with Gasteiger partial charge in [0.05, 0.1) is 11.1 Å². The van der Waals surface area contributed by atoms with E-state index in [0.717, 1.165) is 49.8 Å². The van der Waals surface area contributed by atoms with Crippen molar-refractivity contribution in [2.75, 3.05) is 5.32 Å². The fourth-order valence-corrected chi connectivity index (χ4v) is 6.74. The number of furan rings is 1. The molecule has 9 aromatic rings. The van der Waals surface area contributed by atoms with Crippen molar-refractivity contribution in [1.29, 1.82) is 0 Å². The number of benzene rings is 8. The molecule has 1 N–H and O–H groups in total. The summed E-state index contributed by atoms with van der Waals surface area (Å²) in [5.41, 5.74) is 8.54. The zero-order chi connectivity index (χ0) is 29.0. The zero-order valence-corrected chi connectivity index (χ0v) is 23.9. The molecule has 0 aliphatic heterocycles. The summed E-state index contributed by atoms with van der Waals surface area (Å²) in [4.78, 5) is 0. The fourth-order valence-electron chi connectivity index (χ4n) is 6.74. The first-order valence-electron chi connectivity index (χ1n) is 15.0. The number of nitrogens with one attached hydrogen (secondary N) is 1. The quantitative estimate of drug-likeness (QED) is 0.216. The van der Waals surface area contributed by atoms with Gasteiger partial charge in [0.2, 0.25) is 0 Å². The van der Waals surface area contributed by atoms with Gasteiger partial charge in [0.1, 0.15) is 11.2 Å². The highest BCUT2D eigenvalue weighted by atomic mass is 16.3. The summed E-state index contributed by atoms with van der Waals surface area (Å²) in [6.07, 6.45) is 0. The molecule has 0 bridgehead atoms. The highest BCUT2D eigenvalue weighted by Crippen LogP contribution is 2.43. The van der Waals surface area contributed by atoms with Crippen molar-refractivity contribution < 1.29 is 4.42 Å². The Bertz CT molecular complexity index is 2510. The fraction of sp³-hybridized carbons (Fsp3) is 0. The molecule has 2 heteroatoms. The van der Waals surface area contributed by atoms with Crippen LogP contribution in [0.3, 0.4) is 0 Å². The Kier molecular flexibility index (Phi) is 5.54. The first-order chi connectivity index (χ1) is 21.8. The van der Waals surface area contributed by atoms with Crippen LogP contribution >= 0.6 is 0 Å². The topological polar surface area (TPSA) is 25.2 Å². The summed E-state index contributed by atoms with van der Waals surface area (Å²) >= 11 is 0. The van der Waals surface area contributed by atoms with Crippen LogP contribution in [0.25, 0.3) is 76.5 Å². The average molecular weight is 562 g/mol. The van der Waals surface area contributed by atoms with E-state index in [0.29, 0.717) is 0 Å². The molecular weight excluding hydrogens is 534 g/mol. The lowest BCUT2D eigenvalue weighted by Gasteiger charge is -2.13. The van der Waals surface area contributed by atoms with Gasteiger partial charge in [0.25, 0.3) is 0 Å². The van der Waals surface area contributed by atoms with Gasteiger partial charge in [-0.3, -0.25) is 0 Å². The second-order valence-electron chi connectivity index (χ2n) is 11.4. The Morgan fingerprint density at radius 2 is 1.05 bits per heavy atom. The van der Waals surface area contributed by atoms with E-state index >= 15 is 0 Å². The first kappa shape index (κ1) is 24.7. The lowest BCUT2D eigenvalue weighted by atomic mass is 9.93. The largest absolute Gasteiger partial charge is 0.455 e. The van der Waals surface area contributed by atoms with E-state index in [4.69, 9.17) is 4.42 Å². The van der Waals surface area contributed by atoms with Crippen LogP contribution in [0.4, 0.5) is 11.4 Å². The Morgan fingerprint density at radius 3 is 1.86 bits per heavy atom. The van der Waals surface area contributed by atoms with Crippen molar-refractivity contribution in [3.05, 3.63) is 158 Å². The minimum atomic E-state index is 0.895. The Morgan fingerprint density at radius 1 is 0.386 bits per heavy atom. The summed E-state index contributed by atoms with van der Waals surface area (Å²) in [5.74, 6) is 0. The maximum Gasteiger partial charge on any atom is 0.145 e. The van der Waals surface area contributed by atoms with Gasteiger partial charge >= 0.3 is 0 Å². The Balaban J connectivity index is 1.18. The second-order valence-corrected chi connectivity index (χ2v) is 11.4. The third-order valence-corrected chi connectivity index (χ3v) is 8.84. The molecule has 0 saturated heterocycles. The van der Waals surface area contributed by atoms with Gasteiger partial charge in [-0.2, -0.15) is 0 Å². The smallest absolute Gasteiger partial charge is 0.145 e. The second kappa shape index (κ2) is 9.86. The van der Waals surface area contributed by atoms with E-state index < -0.39 is 0 Å². The van der Waals surface area contributed by atoms with Crippen LogP contribution in [0.2, 0.25) is 0 Å². The van der Waals surface area contributed by atoms with Gasteiger partial charge in [-0.15, -0.1) is 0 Å². The lowest BCUT2D eigenvalue weighted by molar-refractivity contribution is 0.674. The maximum atomic E-state index is 6.74. The molecule has 2 nitrogen and oxygen atoms in total. The number of hydrogen-bond donors (Lipinski definition) is 1. The zero-order valence-electron chi connectivity index (χ0n) is 23.9. The molecule has 44 heavy (non-hydrogen) atoms. The predicted molar refractivity (Wildman–Crippen MR) is 187 cm³/mol.